The van der Waals surface area contributed by atoms with Gasteiger partial charge in [-0.1, -0.05) is 0 Å². The summed E-state index contributed by atoms with van der Waals surface area (Å²) in [5.41, 5.74) is 12.9. The lowest BCUT2D eigenvalue weighted by Gasteiger charge is -2.21. The summed E-state index contributed by atoms with van der Waals surface area (Å²) in [6.45, 7) is 6.95. The summed E-state index contributed by atoms with van der Waals surface area (Å²) in [6.07, 6.45) is 4.18. The molecule has 5 nitrogen and oxygen atoms in total. The molecule has 2 aromatic rings. The standard InChI is InChI=1S/C17H21N5/c1-4-22-11(3)15(10(2)21-22)16-12-7-5-6-8-14(12)20-17(19)13(16)9-18/h4-8H2,1-3H3,(H2,19,20). The molecule has 0 unspecified atom stereocenters. The molecule has 0 amide bonds. The van der Waals surface area contributed by atoms with Crippen LogP contribution in [0, 0.1) is 25.2 Å². The van der Waals surface area contributed by atoms with E-state index in [1.54, 1.807) is 0 Å². The Morgan fingerprint density at radius 2 is 1.95 bits per heavy atom. The Morgan fingerprint density at radius 1 is 1.23 bits per heavy atom. The van der Waals surface area contributed by atoms with E-state index in [2.05, 4.69) is 30.0 Å². The first-order chi connectivity index (χ1) is 10.6. The van der Waals surface area contributed by atoms with Gasteiger partial charge in [-0.15, -0.1) is 0 Å². The second-order valence-electron chi connectivity index (χ2n) is 5.85. The van der Waals surface area contributed by atoms with Gasteiger partial charge in [-0.3, -0.25) is 4.68 Å². The maximum absolute atomic E-state index is 9.61. The lowest BCUT2D eigenvalue weighted by Crippen LogP contribution is -2.12. The largest absolute Gasteiger partial charge is 0.383 e. The maximum Gasteiger partial charge on any atom is 0.142 e. The van der Waals surface area contributed by atoms with Crippen LogP contribution in [0.4, 0.5) is 5.82 Å². The number of anilines is 1. The van der Waals surface area contributed by atoms with Gasteiger partial charge in [-0.05, 0) is 52.0 Å². The zero-order valence-electron chi connectivity index (χ0n) is 13.4. The number of hydrogen-bond donors (Lipinski definition) is 1. The van der Waals surface area contributed by atoms with Gasteiger partial charge in [0.25, 0.3) is 0 Å². The summed E-state index contributed by atoms with van der Waals surface area (Å²) >= 11 is 0. The topological polar surface area (TPSA) is 80.5 Å². The quantitative estimate of drug-likeness (QED) is 0.923. The van der Waals surface area contributed by atoms with Crippen molar-refractivity contribution in [1.29, 1.82) is 5.26 Å². The zero-order valence-corrected chi connectivity index (χ0v) is 13.4. The molecule has 1 aliphatic carbocycles. The number of rotatable bonds is 2. The van der Waals surface area contributed by atoms with Gasteiger partial charge in [-0.2, -0.15) is 10.4 Å². The Morgan fingerprint density at radius 3 is 2.59 bits per heavy atom. The van der Waals surface area contributed by atoms with E-state index in [0.29, 0.717) is 11.4 Å². The molecule has 3 rings (SSSR count). The minimum Gasteiger partial charge on any atom is -0.383 e. The van der Waals surface area contributed by atoms with Crippen LogP contribution >= 0.6 is 0 Å². The molecule has 2 N–H and O–H groups in total. The number of nitrogens with two attached hydrogens (primary N) is 1. The van der Waals surface area contributed by atoms with Crippen molar-refractivity contribution in [2.75, 3.05) is 5.73 Å². The van der Waals surface area contributed by atoms with Gasteiger partial charge in [0.2, 0.25) is 0 Å². The lowest BCUT2D eigenvalue weighted by molar-refractivity contribution is 0.634. The van der Waals surface area contributed by atoms with E-state index in [0.717, 1.165) is 60.4 Å². The molecule has 1 aliphatic rings. The van der Waals surface area contributed by atoms with E-state index in [-0.39, 0.29) is 0 Å². The van der Waals surface area contributed by atoms with Crippen molar-refractivity contribution < 1.29 is 0 Å². The van der Waals surface area contributed by atoms with E-state index in [1.807, 2.05) is 11.6 Å². The fourth-order valence-electron chi connectivity index (χ4n) is 3.52. The Balaban J connectivity index is 2.37. The van der Waals surface area contributed by atoms with Crippen molar-refractivity contribution >= 4 is 5.82 Å². The molecule has 0 atom stereocenters. The average molecular weight is 295 g/mol. The molecule has 22 heavy (non-hydrogen) atoms. The Kier molecular flexibility index (Phi) is 3.61. The number of pyridine rings is 1. The second kappa shape index (κ2) is 5.45. The Hall–Kier alpha value is -2.35. The molecule has 2 heterocycles. The van der Waals surface area contributed by atoms with E-state index in [9.17, 15) is 5.26 Å². The fourth-order valence-corrected chi connectivity index (χ4v) is 3.52. The van der Waals surface area contributed by atoms with Crippen LogP contribution in [0.2, 0.25) is 0 Å². The van der Waals surface area contributed by atoms with Gasteiger partial charge < -0.3 is 5.73 Å². The third-order valence-corrected chi connectivity index (χ3v) is 4.54. The van der Waals surface area contributed by atoms with Crippen LogP contribution in [0.1, 0.15) is 48.0 Å². The Labute approximate surface area is 130 Å². The summed E-state index contributed by atoms with van der Waals surface area (Å²) < 4.78 is 1.98. The van der Waals surface area contributed by atoms with Gasteiger partial charge >= 0.3 is 0 Å². The van der Waals surface area contributed by atoms with Gasteiger partial charge in [0.15, 0.2) is 0 Å². The molecule has 0 aliphatic heterocycles. The van der Waals surface area contributed by atoms with Gasteiger partial charge in [-0.25, -0.2) is 4.98 Å². The van der Waals surface area contributed by atoms with Crippen molar-refractivity contribution in [1.82, 2.24) is 14.8 Å². The van der Waals surface area contributed by atoms with E-state index < -0.39 is 0 Å². The smallest absolute Gasteiger partial charge is 0.142 e. The van der Waals surface area contributed by atoms with Gasteiger partial charge in [0, 0.05) is 29.1 Å². The molecule has 0 saturated carbocycles. The zero-order chi connectivity index (χ0) is 15.9. The van der Waals surface area contributed by atoms with Crippen LogP contribution in [0.5, 0.6) is 0 Å². The molecule has 0 saturated heterocycles. The van der Waals surface area contributed by atoms with E-state index in [1.165, 1.54) is 5.56 Å². The molecule has 5 heteroatoms. The van der Waals surface area contributed by atoms with Gasteiger partial charge in [0.05, 0.1) is 5.69 Å². The highest BCUT2D eigenvalue weighted by Crippen LogP contribution is 2.38. The second-order valence-corrected chi connectivity index (χ2v) is 5.85. The molecule has 2 aromatic heterocycles. The highest BCUT2D eigenvalue weighted by atomic mass is 15.3. The molecular formula is C17H21N5. The van der Waals surface area contributed by atoms with E-state index >= 15 is 0 Å². The molecule has 114 valence electrons. The maximum atomic E-state index is 9.61. The van der Waals surface area contributed by atoms with Crippen LogP contribution in [-0.2, 0) is 19.4 Å². The summed E-state index contributed by atoms with van der Waals surface area (Å²) in [7, 11) is 0. The van der Waals surface area contributed by atoms with Crippen LogP contribution < -0.4 is 5.73 Å². The summed E-state index contributed by atoms with van der Waals surface area (Å²) in [5, 5.41) is 14.2. The normalized spacial score (nSPS) is 13.7. The minimum absolute atomic E-state index is 0.348. The van der Waals surface area contributed by atoms with Crippen LogP contribution in [0.25, 0.3) is 11.1 Å². The summed E-state index contributed by atoms with van der Waals surface area (Å²) in [4.78, 5) is 4.49. The monoisotopic (exact) mass is 295 g/mol. The van der Waals surface area contributed by atoms with E-state index in [4.69, 9.17) is 5.73 Å². The molecule has 0 fully saturated rings. The first kappa shape index (κ1) is 14.6. The molecule has 0 bridgehead atoms. The number of fused-ring (bicyclic) bond motifs is 1. The number of nitrogen functional groups attached to an aromatic ring is 1. The fraction of sp³-hybridized carbons (Fsp3) is 0.471. The molecular weight excluding hydrogens is 274 g/mol. The molecule has 0 radical (unpaired) electrons. The van der Waals surface area contributed by atoms with Crippen molar-refractivity contribution in [3.8, 4) is 17.2 Å². The Bertz CT molecular complexity index is 780. The number of hydrogen-bond acceptors (Lipinski definition) is 4. The SMILES string of the molecule is CCn1nc(C)c(-c2c(C#N)c(N)nc3c2CCCC3)c1C. The first-order valence-electron chi connectivity index (χ1n) is 7.84. The molecule has 0 spiro atoms. The predicted octanol–water partition coefficient (Wildman–Crippen LogP) is 2.91. The average Bonchev–Trinajstić information content (AvgIpc) is 2.80. The van der Waals surface area contributed by atoms with Crippen molar-refractivity contribution in [2.24, 2.45) is 0 Å². The summed E-state index contributed by atoms with van der Waals surface area (Å²) in [5.74, 6) is 0.348. The minimum atomic E-state index is 0.348. The van der Waals surface area contributed by atoms with Crippen molar-refractivity contribution in [3.05, 3.63) is 28.2 Å². The van der Waals surface area contributed by atoms with Crippen LogP contribution in [-0.4, -0.2) is 14.8 Å². The predicted molar refractivity (Wildman–Crippen MR) is 86.4 cm³/mol. The number of nitrogens with zero attached hydrogens (tertiary/aromatic N) is 4. The number of aromatic nitrogens is 3. The molecule has 0 aromatic carbocycles. The van der Waals surface area contributed by atoms with Crippen molar-refractivity contribution in [3.63, 3.8) is 0 Å². The number of aryl methyl sites for hydroxylation is 3. The highest BCUT2D eigenvalue weighted by molar-refractivity contribution is 5.82. The first-order valence-corrected chi connectivity index (χ1v) is 7.84. The van der Waals surface area contributed by atoms with Gasteiger partial charge in [0.1, 0.15) is 17.5 Å². The third kappa shape index (κ3) is 2.07. The van der Waals surface area contributed by atoms with Crippen molar-refractivity contribution in [2.45, 2.75) is 53.0 Å². The summed E-state index contributed by atoms with van der Waals surface area (Å²) in [6, 6.07) is 2.27. The van der Waals surface area contributed by atoms with Crippen LogP contribution in [0.3, 0.4) is 0 Å². The number of nitriles is 1. The lowest BCUT2D eigenvalue weighted by atomic mass is 9.86. The highest BCUT2D eigenvalue weighted by Gasteiger charge is 2.25. The third-order valence-electron chi connectivity index (χ3n) is 4.54. The van der Waals surface area contributed by atoms with Crippen LogP contribution in [0.15, 0.2) is 0 Å².